The molecule has 1 saturated carbocycles. The van der Waals surface area contributed by atoms with Crippen LogP contribution < -0.4 is 15.8 Å². The van der Waals surface area contributed by atoms with Crippen molar-refractivity contribution < 1.29 is 4.74 Å². The average molecular weight is 250 g/mol. The van der Waals surface area contributed by atoms with Crippen molar-refractivity contribution in [1.29, 1.82) is 0 Å². The Morgan fingerprint density at radius 2 is 2.17 bits per heavy atom. The van der Waals surface area contributed by atoms with Crippen LogP contribution in [0, 0.1) is 5.92 Å². The number of aromatic nitrogens is 2. The van der Waals surface area contributed by atoms with E-state index in [0.29, 0.717) is 36.0 Å². The zero-order chi connectivity index (χ0) is 13.0. The maximum absolute atomic E-state index is 6.02. The normalized spacial score (nSPS) is 23.7. The van der Waals surface area contributed by atoms with E-state index in [-0.39, 0.29) is 0 Å². The molecule has 2 rings (SSSR count). The fourth-order valence-electron chi connectivity index (χ4n) is 2.45. The van der Waals surface area contributed by atoms with Gasteiger partial charge < -0.3 is 15.8 Å². The highest BCUT2D eigenvalue weighted by Gasteiger charge is 2.22. The molecule has 1 aliphatic rings. The highest BCUT2D eigenvalue weighted by Crippen LogP contribution is 2.30. The fourth-order valence-corrected chi connectivity index (χ4v) is 2.45. The van der Waals surface area contributed by atoms with Crippen molar-refractivity contribution in [3.63, 3.8) is 0 Å². The first-order valence-corrected chi connectivity index (χ1v) is 6.72. The topological polar surface area (TPSA) is 73.1 Å². The lowest BCUT2D eigenvalue weighted by Gasteiger charge is -2.30. The molecular formula is C13H22N4O. The van der Waals surface area contributed by atoms with Gasteiger partial charge >= 0.3 is 0 Å². The first-order chi connectivity index (χ1) is 8.72. The van der Waals surface area contributed by atoms with Crippen molar-refractivity contribution in [2.24, 2.45) is 5.92 Å². The molecule has 0 saturated heterocycles. The fraction of sp³-hybridized carbons (Fsp3) is 0.692. The Kier molecular flexibility index (Phi) is 4.23. The minimum atomic E-state index is 0.449. The number of nitrogen functional groups attached to an aromatic ring is 1. The zero-order valence-corrected chi connectivity index (χ0v) is 11.1. The molecule has 18 heavy (non-hydrogen) atoms. The van der Waals surface area contributed by atoms with Crippen LogP contribution in [0.25, 0.3) is 0 Å². The molecule has 1 heterocycles. The maximum Gasteiger partial charge on any atom is 0.242 e. The Morgan fingerprint density at radius 1 is 1.39 bits per heavy atom. The van der Waals surface area contributed by atoms with Gasteiger partial charge in [-0.25, -0.2) is 4.98 Å². The number of nitrogens with zero attached hydrogens (tertiary/aromatic N) is 2. The van der Waals surface area contributed by atoms with Crippen LogP contribution in [0.2, 0.25) is 0 Å². The summed E-state index contributed by atoms with van der Waals surface area (Å²) in [7, 11) is 0. The van der Waals surface area contributed by atoms with E-state index in [0.717, 1.165) is 0 Å². The molecule has 2 atom stereocenters. The molecule has 0 radical (unpaired) electrons. The molecule has 1 aromatic rings. The number of rotatable bonds is 4. The monoisotopic (exact) mass is 250 g/mol. The van der Waals surface area contributed by atoms with Gasteiger partial charge in [-0.05, 0) is 25.7 Å². The molecule has 0 bridgehead atoms. The molecule has 0 aliphatic heterocycles. The first-order valence-electron chi connectivity index (χ1n) is 6.72. The average Bonchev–Trinajstić information content (AvgIpc) is 2.37. The molecule has 0 aromatic carbocycles. The van der Waals surface area contributed by atoms with Crippen LogP contribution in [-0.4, -0.2) is 22.6 Å². The van der Waals surface area contributed by atoms with Gasteiger partial charge in [0.05, 0.1) is 6.61 Å². The summed E-state index contributed by atoms with van der Waals surface area (Å²) in [5.41, 5.74) is 6.53. The number of nitrogens with two attached hydrogens (primary N) is 1. The van der Waals surface area contributed by atoms with Crippen molar-refractivity contribution in [3.8, 4) is 5.88 Å². The van der Waals surface area contributed by atoms with Crippen molar-refractivity contribution in [3.05, 3.63) is 6.33 Å². The van der Waals surface area contributed by atoms with Gasteiger partial charge in [0.15, 0.2) is 5.82 Å². The summed E-state index contributed by atoms with van der Waals surface area (Å²) in [6, 6.07) is 0.449. The Bertz CT molecular complexity index is 397. The van der Waals surface area contributed by atoms with Crippen molar-refractivity contribution in [2.75, 3.05) is 17.7 Å². The van der Waals surface area contributed by atoms with E-state index >= 15 is 0 Å². The van der Waals surface area contributed by atoms with E-state index in [9.17, 15) is 0 Å². The molecule has 3 N–H and O–H groups in total. The molecular weight excluding hydrogens is 228 g/mol. The van der Waals surface area contributed by atoms with E-state index in [1.54, 1.807) is 0 Å². The lowest BCUT2D eigenvalue weighted by Crippen LogP contribution is -2.31. The summed E-state index contributed by atoms with van der Waals surface area (Å²) in [6.07, 6.45) is 6.53. The van der Waals surface area contributed by atoms with E-state index in [2.05, 4.69) is 22.2 Å². The Hall–Kier alpha value is -1.52. The number of nitrogens with one attached hydrogen (secondary N) is 1. The SMILES string of the molecule is CCOc1ncnc(NC2CCCCC2C)c1N. The lowest BCUT2D eigenvalue weighted by molar-refractivity contribution is 0.327. The maximum atomic E-state index is 6.02. The summed E-state index contributed by atoms with van der Waals surface area (Å²) in [6.45, 7) is 4.75. The number of ether oxygens (including phenoxy) is 1. The van der Waals surface area contributed by atoms with Crippen LogP contribution in [-0.2, 0) is 0 Å². The van der Waals surface area contributed by atoms with Gasteiger partial charge in [-0.3, -0.25) is 0 Å². The molecule has 2 unspecified atom stereocenters. The van der Waals surface area contributed by atoms with Gasteiger partial charge in [-0.15, -0.1) is 0 Å². The predicted molar refractivity (Wildman–Crippen MR) is 72.7 cm³/mol. The molecule has 100 valence electrons. The summed E-state index contributed by atoms with van der Waals surface area (Å²) in [5, 5.41) is 3.44. The van der Waals surface area contributed by atoms with E-state index in [1.807, 2.05) is 6.92 Å². The van der Waals surface area contributed by atoms with Crippen LogP contribution in [0.5, 0.6) is 5.88 Å². The lowest BCUT2D eigenvalue weighted by atomic mass is 9.86. The number of anilines is 2. The standard InChI is InChI=1S/C13H22N4O/c1-3-18-13-11(14)12(15-8-16-13)17-10-7-5-4-6-9(10)2/h8-10H,3-7,14H2,1-2H3,(H,15,16,17). The second-order valence-electron chi connectivity index (χ2n) is 4.89. The molecule has 0 spiro atoms. The second-order valence-corrected chi connectivity index (χ2v) is 4.89. The quantitative estimate of drug-likeness (QED) is 0.858. The Labute approximate surface area is 108 Å². The second kappa shape index (κ2) is 5.89. The van der Waals surface area contributed by atoms with E-state index < -0.39 is 0 Å². The molecule has 5 heteroatoms. The van der Waals surface area contributed by atoms with Gasteiger partial charge in [0.2, 0.25) is 5.88 Å². The summed E-state index contributed by atoms with van der Waals surface area (Å²) < 4.78 is 5.38. The first kappa shape index (κ1) is 12.9. The van der Waals surface area contributed by atoms with Gasteiger partial charge in [0, 0.05) is 6.04 Å². The van der Waals surface area contributed by atoms with E-state index in [1.165, 1.54) is 32.0 Å². The number of hydrogen-bond donors (Lipinski definition) is 2. The third-order valence-electron chi connectivity index (χ3n) is 3.56. The molecule has 1 aliphatic carbocycles. The summed E-state index contributed by atoms with van der Waals surface area (Å²) >= 11 is 0. The van der Waals surface area contributed by atoms with Crippen LogP contribution in [0.1, 0.15) is 39.5 Å². The minimum Gasteiger partial charge on any atom is -0.476 e. The Balaban J connectivity index is 2.10. The largest absolute Gasteiger partial charge is 0.476 e. The van der Waals surface area contributed by atoms with E-state index in [4.69, 9.17) is 10.5 Å². The van der Waals surface area contributed by atoms with Crippen molar-refractivity contribution >= 4 is 11.5 Å². The molecule has 1 fully saturated rings. The van der Waals surface area contributed by atoms with Gasteiger partial charge in [0.1, 0.15) is 12.0 Å². The smallest absolute Gasteiger partial charge is 0.242 e. The van der Waals surface area contributed by atoms with Gasteiger partial charge in [-0.2, -0.15) is 4.98 Å². The number of hydrogen-bond acceptors (Lipinski definition) is 5. The van der Waals surface area contributed by atoms with Crippen LogP contribution in [0.15, 0.2) is 6.33 Å². The molecule has 5 nitrogen and oxygen atoms in total. The van der Waals surface area contributed by atoms with Crippen molar-refractivity contribution in [1.82, 2.24) is 9.97 Å². The summed E-state index contributed by atoms with van der Waals surface area (Å²) in [4.78, 5) is 8.26. The highest BCUT2D eigenvalue weighted by atomic mass is 16.5. The predicted octanol–water partition coefficient (Wildman–Crippen LogP) is 2.45. The molecule has 1 aromatic heterocycles. The Morgan fingerprint density at radius 3 is 2.89 bits per heavy atom. The minimum absolute atomic E-state index is 0.449. The highest BCUT2D eigenvalue weighted by molar-refractivity contribution is 5.66. The van der Waals surface area contributed by atoms with Crippen LogP contribution >= 0.6 is 0 Å². The third-order valence-corrected chi connectivity index (χ3v) is 3.56. The van der Waals surface area contributed by atoms with Crippen LogP contribution in [0.3, 0.4) is 0 Å². The van der Waals surface area contributed by atoms with Crippen LogP contribution in [0.4, 0.5) is 11.5 Å². The zero-order valence-electron chi connectivity index (χ0n) is 11.1. The molecule has 0 amide bonds. The summed E-state index contributed by atoms with van der Waals surface area (Å²) in [5.74, 6) is 1.83. The third kappa shape index (κ3) is 2.83. The van der Waals surface area contributed by atoms with Gasteiger partial charge in [-0.1, -0.05) is 19.8 Å². The van der Waals surface area contributed by atoms with Crippen molar-refractivity contribution in [2.45, 2.75) is 45.6 Å². The van der Waals surface area contributed by atoms with Gasteiger partial charge in [0.25, 0.3) is 0 Å².